The van der Waals surface area contributed by atoms with Crippen LogP contribution in [-0.2, 0) is 0 Å². The zero-order valence-electron chi connectivity index (χ0n) is 12.1. The largest absolute Gasteiger partial charge is 0.423 e. The second kappa shape index (κ2) is 5.92. The van der Waals surface area contributed by atoms with E-state index in [0.29, 0.717) is 11.3 Å². The first-order chi connectivity index (χ1) is 11.0. The topological polar surface area (TPSA) is 68.5 Å². The van der Waals surface area contributed by atoms with E-state index >= 15 is 0 Å². The van der Waals surface area contributed by atoms with Gasteiger partial charge in [0.15, 0.2) is 0 Å². The molecule has 0 radical (unpaired) electrons. The minimum atomic E-state index is -0.731. The van der Waals surface area contributed by atoms with E-state index in [0.717, 1.165) is 10.9 Å². The lowest BCUT2D eigenvalue weighted by Gasteiger charge is -2.07. The molecule has 1 amide bonds. The van der Waals surface area contributed by atoms with E-state index in [1.165, 1.54) is 36.4 Å². The summed E-state index contributed by atoms with van der Waals surface area (Å²) in [6, 6.07) is 11.4. The van der Waals surface area contributed by atoms with Crippen molar-refractivity contribution in [3.63, 3.8) is 0 Å². The summed E-state index contributed by atoms with van der Waals surface area (Å²) in [4.78, 5) is 23.2. The predicted octanol–water partition coefficient (Wildman–Crippen LogP) is 3.85. The Balaban J connectivity index is 1.79. The minimum absolute atomic E-state index is 0.228. The van der Waals surface area contributed by atoms with Gasteiger partial charge in [-0.05, 0) is 48.9 Å². The van der Waals surface area contributed by atoms with Gasteiger partial charge in [0.2, 0.25) is 0 Å². The first-order valence-electron chi connectivity index (χ1n) is 6.80. The number of anilines is 1. The fourth-order valence-corrected chi connectivity index (χ4v) is 2.15. The number of nitrogens with one attached hydrogen (secondary N) is 1. The van der Waals surface area contributed by atoms with Crippen molar-refractivity contribution in [1.29, 1.82) is 0 Å². The van der Waals surface area contributed by atoms with Crippen LogP contribution >= 0.6 is 0 Å². The monoisotopic (exact) mass is 313 g/mol. The number of halogens is 1. The third-order valence-electron chi connectivity index (χ3n) is 3.22. The Morgan fingerprint density at radius 1 is 1.13 bits per heavy atom. The summed E-state index contributed by atoms with van der Waals surface area (Å²) < 4.78 is 23.0. The lowest BCUT2D eigenvalue weighted by Crippen LogP contribution is -2.16. The van der Waals surface area contributed by atoms with E-state index < -0.39 is 17.5 Å². The number of benzene rings is 2. The normalized spacial score (nSPS) is 10.5. The van der Waals surface area contributed by atoms with Gasteiger partial charge in [0, 0.05) is 23.2 Å². The zero-order valence-corrected chi connectivity index (χ0v) is 12.1. The summed E-state index contributed by atoms with van der Waals surface area (Å²) >= 11 is 0. The minimum Gasteiger partial charge on any atom is -0.423 e. The van der Waals surface area contributed by atoms with Gasteiger partial charge >= 0.3 is 11.7 Å². The molecule has 0 unspecified atom stereocenters. The molecule has 1 heterocycles. The second-order valence-electron chi connectivity index (χ2n) is 4.93. The van der Waals surface area contributed by atoms with Crippen molar-refractivity contribution < 1.29 is 18.3 Å². The van der Waals surface area contributed by atoms with E-state index in [-0.39, 0.29) is 5.75 Å². The van der Waals surface area contributed by atoms with E-state index in [1.807, 2.05) is 0 Å². The molecule has 0 saturated carbocycles. The molecule has 0 aliphatic heterocycles. The molecule has 1 N–H and O–H groups in total. The second-order valence-corrected chi connectivity index (χ2v) is 4.93. The van der Waals surface area contributed by atoms with Crippen LogP contribution in [0.15, 0.2) is 57.7 Å². The highest BCUT2D eigenvalue weighted by Crippen LogP contribution is 2.22. The Morgan fingerprint density at radius 2 is 1.87 bits per heavy atom. The van der Waals surface area contributed by atoms with E-state index in [9.17, 15) is 14.0 Å². The van der Waals surface area contributed by atoms with Gasteiger partial charge in [-0.1, -0.05) is 0 Å². The van der Waals surface area contributed by atoms with Crippen molar-refractivity contribution >= 4 is 22.7 Å². The number of carbonyl (C=O) groups excluding carboxylic acids is 1. The molecular weight excluding hydrogens is 301 g/mol. The third-order valence-corrected chi connectivity index (χ3v) is 3.22. The Hall–Kier alpha value is -3.15. The number of amides is 1. The van der Waals surface area contributed by atoms with Crippen LogP contribution in [0.5, 0.6) is 5.75 Å². The van der Waals surface area contributed by atoms with Gasteiger partial charge in [0.1, 0.15) is 17.1 Å². The number of fused-ring (bicyclic) bond motifs is 1. The number of aryl methyl sites for hydroxylation is 1. The standard InChI is InChI=1S/C17H12FNO4/c1-10-8-16(20)23-15-9-13(6-7-14(10)15)22-17(21)19-12-4-2-11(18)3-5-12/h2-9H,1H3,(H,19,21). The van der Waals surface area contributed by atoms with Gasteiger partial charge in [-0.25, -0.2) is 14.0 Å². The van der Waals surface area contributed by atoms with Crippen LogP contribution in [0.1, 0.15) is 5.56 Å². The maximum Gasteiger partial charge on any atom is 0.417 e. The van der Waals surface area contributed by atoms with Gasteiger partial charge in [0.25, 0.3) is 0 Å². The summed E-state index contributed by atoms with van der Waals surface area (Å²) in [5, 5.41) is 3.23. The molecule has 0 saturated heterocycles. The molecule has 1 aromatic heterocycles. The van der Waals surface area contributed by atoms with Gasteiger partial charge < -0.3 is 9.15 Å². The molecule has 2 aromatic carbocycles. The highest BCUT2D eigenvalue weighted by Gasteiger charge is 2.08. The number of hydrogen-bond donors (Lipinski definition) is 1. The van der Waals surface area contributed by atoms with Crippen LogP contribution in [0.4, 0.5) is 14.9 Å². The van der Waals surface area contributed by atoms with Crippen LogP contribution in [-0.4, -0.2) is 6.09 Å². The number of carbonyl (C=O) groups is 1. The van der Waals surface area contributed by atoms with E-state index in [2.05, 4.69) is 5.32 Å². The van der Waals surface area contributed by atoms with Crippen molar-refractivity contribution in [2.45, 2.75) is 6.92 Å². The smallest absolute Gasteiger partial charge is 0.417 e. The Morgan fingerprint density at radius 3 is 2.61 bits per heavy atom. The molecule has 0 atom stereocenters. The summed E-state index contributed by atoms with van der Waals surface area (Å²) in [6.07, 6.45) is -0.731. The van der Waals surface area contributed by atoms with Crippen LogP contribution in [0, 0.1) is 12.7 Å². The summed E-state index contributed by atoms with van der Waals surface area (Å²) in [5.41, 5.74) is 1.04. The van der Waals surface area contributed by atoms with Crippen molar-refractivity contribution in [3.05, 3.63) is 70.3 Å². The van der Waals surface area contributed by atoms with Gasteiger partial charge in [-0.15, -0.1) is 0 Å². The first-order valence-corrected chi connectivity index (χ1v) is 6.80. The van der Waals surface area contributed by atoms with Crippen LogP contribution in [0.25, 0.3) is 11.0 Å². The van der Waals surface area contributed by atoms with Crippen molar-refractivity contribution in [1.82, 2.24) is 0 Å². The van der Waals surface area contributed by atoms with Crippen LogP contribution in [0.3, 0.4) is 0 Å². The molecule has 0 aliphatic carbocycles. The maximum absolute atomic E-state index is 12.8. The lowest BCUT2D eigenvalue weighted by atomic mass is 10.1. The van der Waals surface area contributed by atoms with Crippen LogP contribution in [0.2, 0.25) is 0 Å². The molecule has 6 heteroatoms. The number of ether oxygens (including phenoxy) is 1. The Labute approximate surface area is 130 Å². The molecule has 23 heavy (non-hydrogen) atoms. The highest BCUT2D eigenvalue weighted by atomic mass is 19.1. The molecule has 3 rings (SSSR count). The van der Waals surface area contributed by atoms with Crippen molar-refractivity contribution in [2.75, 3.05) is 5.32 Å². The summed E-state index contributed by atoms with van der Waals surface area (Å²) in [6.45, 7) is 1.79. The molecule has 0 fully saturated rings. The fraction of sp³-hybridized carbons (Fsp3) is 0.0588. The van der Waals surface area contributed by atoms with E-state index in [4.69, 9.17) is 9.15 Å². The zero-order chi connectivity index (χ0) is 16.4. The fourth-order valence-electron chi connectivity index (χ4n) is 2.15. The first kappa shape index (κ1) is 14.8. The lowest BCUT2D eigenvalue weighted by molar-refractivity contribution is 0.215. The molecule has 5 nitrogen and oxygen atoms in total. The molecule has 0 spiro atoms. The summed E-state index contributed by atoms with van der Waals surface area (Å²) in [7, 11) is 0. The molecule has 116 valence electrons. The van der Waals surface area contributed by atoms with Crippen molar-refractivity contribution in [3.8, 4) is 5.75 Å². The van der Waals surface area contributed by atoms with Crippen LogP contribution < -0.4 is 15.7 Å². The Kier molecular flexibility index (Phi) is 3.80. The van der Waals surface area contributed by atoms with Gasteiger partial charge in [-0.3, -0.25) is 5.32 Å². The van der Waals surface area contributed by atoms with Gasteiger partial charge in [0.05, 0.1) is 0 Å². The Bertz CT molecular complexity index is 931. The van der Waals surface area contributed by atoms with Gasteiger partial charge in [-0.2, -0.15) is 0 Å². The highest BCUT2D eigenvalue weighted by molar-refractivity contribution is 5.87. The summed E-state index contributed by atoms with van der Waals surface area (Å²) in [5.74, 6) is -0.172. The third kappa shape index (κ3) is 3.37. The number of rotatable bonds is 2. The number of hydrogen-bond acceptors (Lipinski definition) is 4. The molecular formula is C17H12FNO4. The van der Waals surface area contributed by atoms with E-state index in [1.54, 1.807) is 19.1 Å². The average Bonchev–Trinajstić information content (AvgIpc) is 2.49. The quantitative estimate of drug-likeness (QED) is 0.730. The molecule has 0 bridgehead atoms. The SMILES string of the molecule is Cc1cc(=O)oc2cc(OC(=O)Nc3ccc(F)cc3)ccc12. The average molecular weight is 313 g/mol. The molecule has 0 aliphatic rings. The molecule has 3 aromatic rings. The van der Waals surface area contributed by atoms with Crippen molar-refractivity contribution in [2.24, 2.45) is 0 Å². The maximum atomic E-state index is 12.8. The predicted molar refractivity (Wildman–Crippen MR) is 83.3 cm³/mol.